The lowest BCUT2D eigenvalue weighted by atomic mass is 10.1. The van der Waals surface area contributed by atoms with Crippen LogP contribution in [-0.2, 0) is 10.0 Å². The Bertz CT molecular complexity index is 815. The maximum atomic E-state index is 12.5. The molecule has 2 aromatic rings. The summed E-state index contributed by atoms with van der Waals surface area (Å²) in [5, 5.41) is 11.6. The molecule has 1 unspecified atom stereocenters. The summed E-state index contributed by atoms with van der Waals surface area (Å²) in [6.07, 6.45) is 0. The van der Waals surface area contributed by atoms with Crippen molar-refractivity contribution in [3.05, 3.63) is 47.2 Å². The van der Waals surface area contributed by atoms with Crippen LogP contribution in [-0.4, -0.2) is 36.0 Å². The Morgan fingerprint density at radius 3 is 2.20 bits per heavy atom. The Hall–Kier alpha value is -1.99. The fourth-order valence-electron chi connectivity index (χ4n) is 2.56. The summed E-state index contributed by atoms with van der Waals surface area (Å²) in [6.45, 7) is 10.5. The standard InChI is InChI=1S/C18H26N4O2S/c1-6-22(7-2)25(23,24)17-10-8-16(9-11-17)15(5)19-18-12-13(3)14(4)20-21-18/h8-12,15H,6-7H2,1-5H3,(H,19,21). The third-order valence-corrected chi connectivity index (χ3v) is 6.38. The molecule has 0 fully saturated rings. The first kappa shape index (κ1) is 19.3. The molecule has 2 rings (SSSR count). The second-order valence-electron chi connectivity index (χ2n) is 6.02. The Kier molecular flexibility index (Phi) is 6.13. The molecule has 0 spiro atoms. The minimum Gasteiger partial charge on any atom is -0.362 e. The first-order chi connectivity index (χ1) is 11.8. The van der Waals surface area contributed by atoms with E-state index < -0.39 is 10.0 Å². The van der Waals surface area contributed by atoms with Crippen molar-refractivity contribution in [2.75, 3.05) is 18.4 Å². The lowest BCUT2D eigenvalue weighted by molar-refractivity contribution is 0.445. The van der Waals surface area contributed by atoms with E-state index in [-0.39, 0.29) is 6.04 Å². The third-order valence-electron chi connectivity index (χ3n) is 4.32. The van der Waals surface area contributed by atoms with Crippen LogP contribution in [0.15, 0.2) is 35.2 Å². The summed E-state index contributed by atoms with van der Waals surface area (Å²) in [5.74, 6) is 0.704. The van der Waals surface area contributed by atoms with Crippen LogP contribution in [0.25, 0.3) is 0 Å². The molecule has 0 aliphatic carbocycles. The van der Waals surface area contributed by atoms with Crippen molar-refractivity contribution in [1.29, 1.82) is 0 Å². The number of rotatable bonds is 7. The Balaban J connectivity index is 2.17. The number of hydrogen-bond donors (Lipinski definition) is 1. The molecule has 136 valence electrons. The molecule has 1 N–H and O–H groups in total. The smallest absolute Gasteiger partial charge is 0.243 e. The molecule has 0 radical (unpaired) electrons. The highest BCUT2D eigenvalue weighted by Crippen LogP contribution is 2.22. The van der Waals surface area contributed by atoms with Gasteiger partial charge in [-0.25, -0.2) is 8.42 Å². The van der Waals surface area contributed by atoms with Crippen LogP contribution in [0.1, 0.15) is 43.6 Å². The lowest BCUT2D eigenvalue weighted by Crippen LogP contribution is -2.30. The van der Waals surface area contributed by atoms with Gasteiger partial charge in [-0.15, -0.1) is 5.10 Å². The van der Waals surface area contributed by atoms with E-state index in [4.69, 9.17) is 0 Å². The van der Waals surface area contributed by atoms with Crippen LogP contribution >= 0.6 is 0 Å². The molecule has 25 heavy (non-hydrogen) atoms. The minimum absolute atomic E-state index is 0.0124. The van der Waals surface area contributed by atoms with Gasteiger partial charge in [0.2, 0.25) is 10.0 Å². The minimum atomic E-state index is -3.42. The van der Waals surface area contributed by atoms with Crippen molar-refractivity contribution in [2.45, 2.75) is 45.6 Å². The fraction of sp³-hybridized carbons (Fsp3) is 0.444. The molecule has 7 heteroatoms. The highest BCUT2D eigenvalue weighted by Gasteiger charge is 2.21. The molecule has 0 amide bonds. The van der Waals surface area contributed by atoms with Gasteiger partial charge >= 0.3 is 0 Å². The van der Waals surface area contributed by atoms with Gasteiger partial charge in [-0.1, -0.05) is 26.0 Å². The van der Waals surface area contributed by atoms with Gasteiger partial charge in [0.05, 0.1) is 10.6 Å². The topological polar surface area (TPSA) is 75.2 Å². The molecular formula is C18H26N4O2S. The van der Waals surface area contributed by atoms with E-state index in [0.717, 1.165) is 16.8 Å². The summed E-state index contributed by atoms with van der Waals surface area (Å²) in [7, 11) is -3.42. The van der Waals surface area contributed by atoms with Crippen LogP contribution in [0.3, 0.4) is 0 Å². The third kappa shape index (κ3) is 4.35. The summed E-state index contributed by atoms with van der Waals surface area (Å²) in [5.41, 5.74) is 2.97. The van der Waals surface area contributed by atoms with Gasteiger partial charge in [-0.3, -0.25) is 0 Å². The molecule has 1 aromatic heterocycles. The van der Waals surface area contributed by atoms with Crippen molar-refractivity contribution in [3.8, 4) is 0 Å². The van der Waals surface area contributed by atoms with Crippen LogP contribution < -0.4 is 5.32 Å². The number of sulfonamides is 1. The molecule has 1 heterocycles. The molecule has 0 aliphatic heterocycles. The van der Waals surface area contributed by atoms with Crippen molar-refractivity contribution in [3.63, 3.8) is 0 Å². The van der Waals surface area contributed by atoms with Crippen molar-refractivity contribution >= 4 is 15.8 Å². The van der Waals surface area contributed by atoms with E-state index in [1.165, 1.54) is 4.31 Å². The maximum absolute atomic E-state index is 12.5. The van der Waals surface area contributed by atoms with E-state index in [9.17, 15) is 8.42 Å². The van der Waals surface area contributed by atoms with Crippen LogP contribution in [0.4, 0.5) is 5.82 Å². The van der Waals surface area contributed by atoms with E-state index in [2.05, 4.69) is 15.5 Å². The SMILES string of the molecule is CCN(CC)S(=O)(=O)c1ccc(C(C)Nc2cc(C)c(C)nn2)cc1. The predicted molar refractivity (Wildman–Crippen MR) is 100 cm³/mol. The second kappa shape index (κ2) is 7.93. The van der Waals surface area contributed by atoms with Crippen LogP contribution in [0, 0.1) is 13.8 Å². The zero-order chi connectivity index (χ0) is 18.6. The van der Waals surface area contributed by atoms with Crippen molar-refractivity contribution in [1.82, 2.24) is 14.5 Å². The highest BCUT2D eigenvalue weighted by atomic mass is 32.2. The molecular weight excluding hydrogens is 336 g/mol. The van der Waals surface area contributed by atoms with Crippen molar-refractivity contribution < 1.29 is 8.42 Å². The van der Waals surface area contributed by atoms with Crippen molar-refractivity contribution in [2.24, 2.45) is 0 Å². The number of benzene rings is 1. The highest BCUT2D eigenvalue weighted by molar-refractivity contribution is 7.89. The maximum Gasteiger partial charge on any atom is 0.243 e. The number of hydrogen-bond acceptors (Lipinski definition) is 5. The summed E-state index contributed by atoms with van der Waals surface area (Å²) in [6, 6.07) is 8.94. The van der Waals surface area contributed by atoms with Gasteiger partial charge in [0, 0.05) is 19.1 Å². The number of anilines is 1. The molecule has 0 bridgehead atoms. The number of aryl methyl sites for hydroxylation is 2. The molecule has 1 aromatic carbocycles. The van der Waals surface area contributed by atoms with Gasteiger partial charge in [-0.05, 0) is 50.1 Å². The van der Waals surface area contributed by atoms with Gasteiger partial charge in [0.1, 0.15) is 5.82 Å². The number of nitrogens with one attached hydrogen (secondary N) is 1. The fourth-order valence-corrected chi connectivity index (χ4v) is 4.02. The summed E-state index contributed by atoms with van der Waals surface area (Å²) < 4.78 is 26.5. The molecule has 6 nitrogen and oxygen atoms in total. The summed E-state index contributed by atoms with van der Waals surface area (Å²) >= 11 is 0. The van der Waals surface area contributed by atoms with Gasteiger partial charge in [0.25, 0.3) is 0 Å². The normalized spacial score (nSPS) is 13.0. The van der Waals surface area contributed by atoms with E-state index in [0.29, 0.717) is 23.8 Å². The largest absolute Gasteiger partial charge is 0.362 e. The predicted octanol–water partition coefficient (Wildman–Crippen LogP) is 3.30. The van der Waals surface area contributed by atoms with Crippen LogP contribution in [0.5, 0.6) is 0 Å². The molecule has 0 aliphatic rings. The molecule has 0 saturated heterocycles. The van der Waals surface area contributed by atoms with E-state index >= 15 is 0 Å². The quantitative estimate of drug-likeness (QED) is 0.818. The zero-order valence-corrected chi connectivity index (χ0v) is 16.3. The second-order valence-corrected chi connectivity index (χ2v) is 7.96. The molecule has 0 saturated carbocycles. The Morgan fingerprint density at radius 2 is 1.68 bits per heavy atom. The number of nitrogens with zero attached hydrogens (tertiary/aromatic N) is 3. The first-order valence-electron chi connectivity index (χ1n) is 8.47. The average Bonchev–Trinajstić information content (AvgIpc) is 2.59. The number of aromatic nitrogens is 2. The summed E-state index contributed by atoms with van der Waals surface area (Å²) in [4.78, 5) is 0.318. The van der Waals surface area contributed by atoms with E-state index in [1.54, 1.807) is 12.1 Å². The molecule has 1 atom stereocenters. The Labute approximate surface area is 150 Å². The van der Waals surface area contributed by atoms with Gasteiger partial charge in [-0.2, -0.15) is 9.40 Å². The Morgan fingerprint density at radius 1 is 1.08 bits per heavy atom. The monoisotopic (exact) mass is 362 g/mol. The van der Waals surface area contributed by atoms with Crippen LogP contribution in [0.2, 0.25) is 0 Å². The van der Waals surface area contributed by atoms with E-state index in [1.807, 2.05) is 52.8 Å². The first-order valence-corrected chi connectivity index (χ1v) is 9.91. The van der Waals surface area contributed by atoms with Gasteiger partial charge < -0.3 is 5.32 Å². The zero-order valence-electron chi connectivity index (χ0n) is 15.4. The average molecular weight is 362 g/mol. The lowest BCUT2D eigenvalue weighted by Gasteiger charge is -2.19. The van der Waals surface area contributed by atoms with Gasteiger partial charge in [0.15, 0.2) is 0 Å².